The van der Waals surface area contributed by atoms with Crippen molar-refractivity contribution >= 4 is 11.6 Å². The Bertz CT molecular complexity index is 899. The minimum Gasteiger partial charge on any atom is -0.497 e. The molecule has 2 aromatic carbocycles. The van der Waals surface area contributed by atoms with Crippen molar-refractivity contribution in [1.82, 2.24) is 5.32 Å². The highest BCUT2D eigenvalue weighted by Gasteiger charge is 2.34. The van der Waals surface area contributed by atoms with Crippen LogP contribution < -0.4 is 14.8 Å². The molecule has 2 aromatic rings. The van der Waals surface area contributed by atoms with E-state index < -0.39 is 0 Å². The second-order valence-electron chi connectivity index (χ2n) is 6.28. The van der Waals surface area contributed by atoms with Crippen LogP contribution in [0.25, 0.3) is 0 Å². The average Bonchev–Trinajstić information content (AvgIpc) is 2.71. The lowest BCUT2D eigenvalue weighted by Crippen LogP contribution is -2.33. The number of hydrogen-bond acceptors (Lipinski definition) is 6. The van der Waals surface area contributed by atoms with E-state index in [0.29, 0.717) is 41.3 Å². The Kier molecular flexibility index (Phi) is 4.22. The van der Waals surface area contributed by atoms with Gasteiger partial charge in [-0.1, -0.05) is 6.07 Å². The van der Waals surface area contributed by atoms with Crippen LogP contribution in [0.5, 0.6) is 11.5 Å². The zero-order valence-electron chi connectivity index (χ0n) is 14.6. The van der Waals surface area contributed by atoms with Gasteiger partial charge in [0.15, 0.2) is 11.6 Å². The molecule has 1 heterocycles. The van der Waals surface area contributed by atoms with Crippen LogP contribution in [0.2, 0.25) is 0 Å². The van der Waals surface area contributed by atoms with E-state index in [0.717, 1.165) is 12.1 Å². The molecule has 6 heteroatoms. The number of benzene rings is 2. The highest BCUT2D eigenvalue weighted by Crippen LogP contribution is 2.37. The van der Waals surface area contributed by atoms with Crippen molar-refractivity contribution in [2.24, 2.45) is 0 Å². The van der Waals surface area contributed by atoms with Gasteiger partial charge in [0.1, 0.15) is 11.5 Å². The molecule has 1 unspecified atom stereocenters. The van der Waals surface area contributed by atoms with Crippen molar-refractivity contribution in [3.05, 3.63) is 58.1 Å². The number of ketones is 2. The zero-order valence-corrected chi connectivity index (χ0v) is 14.6. The van der Waals surface area contributed by atoms with Crippen LogP contribution in [0, 0.1) is 0 Å². The lowest BCUT2D eigenvalue weighted by Gasteiger charge is -2.26. The molecule has 1 atom stereocenters. The summed E-state index contributed by atoms with van der Waals surface area (Å²) in [5.74, 6) is 0.383. The van der Waals surface area contributed by atoms with Gasteiger partial charge in [0, 0.05) is 35.8 Å². The number of rotatable bonds is 3. The van der Waals surface area contributed by atoms with Crippen LogP contribution in [0.4, 0.5) is 0 Å². The fraction of sp³-hybridized carbons (Fsp3) is 0.300. The number of methoxy groups -OCH3 is 2. The topological polar surface area (TPSA) is 73.9 Å². The first-order chi connectivity index (χ1) is 12.6. The zero-order chi connectivity index (χ0) is 18.3. The lowest BCUT2D eigenvalue weighted by molar-refractivity contribution is 0.0276. The van der Waals surface area contributed by atoms with Gasteiger partial charge in [0.2, 0.25) is 0 Å². The maximum atomic E-state index is 13.1. The van der Waals surface area contributed by atoms with Crippen LogP contribution in [-0.4, -0.2) is 45.5 Å². The molecule has 1 aliphatic heterocycles. The lowest BCUT2D eigenvalue weighted by atomic mass is 9.82. The fourth-order valence-corrected chi connectivity index (χ4v) is 3.49. The Labute approximate surface area is 151 Å². The SMILES string of the molecule is COc1cc(OC)c2c(c1)C(=O)c1cc(C3CNCCO3)ccc1C2=O. The molecule has 1 aliphatic carbocycles. The predicted molar refractivity (Wildman–Crippen MR) is 94.4 cm³/mol. The van der Waals surface area contributed by atoms with Gasteiger partial charge in [-0.3, -0.25) is 9.59 Å². The van der Waals surface area contributed by atoms with Gasteiger partial charge in [-0.25, -0.2) is 0 Å². The van der Waals surface area contributed by atoms with Crippen molar-refractivity contribution < 1.29 is 23.8 Å². The molecule has 0 saturated carbocycles. The maximum Gasteiger partial charge on any atom is 0.198 e. The monoisotopic (exact) mass is 353 g/mol. The van der Waals surface area contributed by atoms with Crippen LogP contribution >= 0.6 is 0 Å². The Morgan fingerprint density at radius 3 is 2.54 bits per heavy atom. The standard InChI is InChI=1S/C20H19NO5/c1-24-12-8-15-18(16(9-12)25-2)20(23)13-4-3-11(7-14(13)19(15)22)17-10-21-5-6-26-17/h3-4,7-9,17,21H,5-6,10H2,1-2H3. The van der Waals surface area contributed by atoms with Gasteiger partial charge in [-0.2, -0.15) is 0 Å². The van der Waals surface area contributed by atoms with Crippen molar-refractivity contribution in [3.63, 3.8) is 0 Å². The number of ether oxygens (including phenoxy) is 3. The first-order valence-electron chi connectivity index (χ1n) is 8.45. The molecule has 0 amide bonds. The summed E-state index contributed by atoms with van der Waals surface area (Å²) in [5.41, 5.74) is 2.26. The molecule has 0 aromatic heterocycles. The molecule has 2 aliphatic rings. The number of carbonyl (C=O) groups excluding carboxylic acids is 2. The second kappa shape index (κ2) is 6.55. The Morgan fingerprint density at radius 2 is 1.85 bits per heavy atom. The molecule has 0 radical (unpaired) electrons. The number of carbonyl (C=O) groups is 2. The quantitative estimate of drug-likeness (QED) is 0.778. The van der Waals surface area contributed by atoms with Crippen molar-refractivity contribution in [3.8, 4) is 11.5 Å². The van der Waals surface area contributed by atoms with E-state index in [1.54, 1.807) is 24.3 Å². The van der Waals surface area contributed by atoms with Crippen molar-refractivity contribution in [1.29, 1.82) is 0 Å². The highest BCUT2D eigenvalue weighted by molar-refractivity contribution is 6.29. The summed E-state index contributed by atoms with van der Waals surface area (Å²) < 4.78 is 16.3. The van der Waals surface area contributed by atoms with E-state index >= 15 is 0 Å². The molecule has 26 heavy (non-hydrogen) atoms. The van der Waals surface area contributed by atoms with Gasteiger partial charge < -0.3 is 19.5 Å². The maximum absolute atomic E-state index is 13.1. The van der Waals surface area contributed by atoms with Crippen LogP contribution in [0.1, 0.15) is 43.5 Å². The Morgan fingerprint density at radius 1 is 1.00 bits per heavy atom. The minimum atomic E-state index is -0.219. The summed E-state index contributed by atoms with van der Waals surface area (Å²) in [7, 11) is 2.98. The molecule has 0 bridgehead atoms. The van der Waals surface area contributed by atoms with Gasteiger partial charge >= 0.3 is 0 Å². The molecule has 0 spiro atoms. The number of hydrogen-bond donors (Lipinski definition) is 1. The van der Waals surface area contributed by atoms with Gasteiger partial charge in [-0.05, 0) is 23.8 Å². The van der Waals surface area contributed by atoms with Crippen LogP contribution in [-0.2, 0) is 4.74 Å². The summed E-state index contributed by atoms with van der Waals surface area (Å²) in [6.07, 6.45) is -0.127. The number of fused-ring (bicyclic) bond motifs is 2. The average molecular weight is 353 g/mol. The van der Waals surface area contributed by atoms with Crippen LogP contribution in [0.15, 0.2) is 30.3 Å². The van der Waals surface area contributed by atoms with E-state index in [1.807, 2.05) is 6.07 Å². The first-order valence-corrected chi connectivity index (χ1v) is 8.45. The number of nitrogens with one attached hydrogen (secondary N) is 1. The van der Waals surface area contributed by atoms with Crippen molar-refractivity contribution in [2.75, 3.05) is 33.9 Å². The molecule has 1 N–H and O–H groups in total. The first kappa shape index (κ1) is 16.8. The van der Waals surface area contributed by atoms with E-state index in [2.05, 4.69) is 5.32 Å². The van der Waals surface area contributed by atoms with Gasteiger partial charge in [0.05, 0.1) is 32.5 Å². The summed E-state index contributed by atoms with van der Waals surface area (Å²) >= 11 is 0. The summed E-state index contributed by atoms with van der Waals surface area (Å²) in [6.45, 7) is 2.11. The van der Waals surface area contributed by atoms with Gasteiger partial charge in [-0.15, -0.1) is 0 Å². The molecular weight excluding hydrogens is 334 g/mol. The third-order valence-corrected chi connectivity index (χ3v) is 4.84. The van der Waals surface area contributed by atoms with E-state index in [4.69, 9.17) is 14.2 Å². The summed E-state index contributed by atoms with van der Waals surface area (Å²) in [4.78, 5) is 26.1. The van der Waals surface area contributed by atoms with Crippen molar-refractivity contribution in [2.45, 2.75) is 6.10 Å². The molecular formula is C20H19NO5. The predicted octanol–water partition coefficient (Wildman–Crippen LogP) is 2.14. The van der Waals surface area contributed by atoms with Gasteiger partial charge in [0.25, 0.3) is 0 Å². The fourth-order valence-electron chi connectivity index (χ4n) is 3.49. The molecule has 4 rings (SSSR count). The summed E-state index contributed by atoms with van der Waals surface area (Å²) in [6, 6.07) is 8.53. The molecule has 1 saturated heterocycles. The van der Waals surface area contributed by atoms with Crippen LogP contribution in [0.3, 0.4) is 0 Å². The molecule has 6 nitrogen and oxygen atoms in total. The molecule has 1 fully saturated rings. The normalized spacial score (nSPS) is 18.9. The summed E-state index contributed by atoms with van der Waals surface area (Å²) in [5, 5.41) is 3.27. The molecule has 134 valence electrons. The minimum absolute atomic E-state index is 0.127. The largest absolute Gasteiger partial charge is 0.497 e. The third kappa shape index (κ3) is 2.58. The smallest absolute Gasteiger partial charge is 0.198 e. The third-order valence-electron chi connectivity index (χ3n) is 4.84. The Balaban J connectivity index is 1.83. The Hall–Kier alpha value is -2.70. The second-order valence-corrected chi connectivity index (χ2v) is 6.28. The van der Waals surface area contributed by atoms with E-state index in [-0.39, 0.29) is 23.2 Å². The van der Waals surface area contributed by atoms with E-state index in [1.165, 1.54) is 14.2 Å². The highest BCUT2D eigenvalue weighted by atomic mass is 16.5. The number of morpholine rings is 1. The van der Waals surface area contributed by atoms with E-state index in [9.17, 15) is 9.59 Å².